The van der Waals surface area contributed by atoms with Crippen LogP contribution in [0.3, 0.4) is 0 Å². The number of hydrogen-bond donors (Lipinski definition) is 6. The molecular weight excluding hydrogens is 298 g/mol. The van der Waals surface area contributed by atoms with E-state index in [4.69, 9.17) is 20.4 Å². The maximum absolute atomic E-state index is 9.91. The number of carboxylic acids is 2. The van der Waals surface area contributed by atoms with Gasteiger partial charge in [0.25, 0.3) is 0 Å². The summed E-state index contributed by atoms with van der Waals surface area (Å²) >= 11 is 0. The van der Waals surface area contributed by atoms with Crippen molar-refractivity contribution in [2.45, 2.75) is 12.1 Å². The van der Waals surface area contributed by atoms with Crippen LogP contribution in [0.4, 0.5) is 0 Å². The summed E-state index contributed by atoms with van der Waals surface area (Å²) in [4.78, 5) is 19.8. The van der Waals surface area contributed by atoms with E-state index in [0.29, 0.717) is 0 Å². The molecule has 0 radical (unpaired) electrons. The third kappa shape index (κ3) is 13.1. The van der Waals surface area contributed by atoms with E-state index in [1.165, 1.54) is 0 Å². The molecule has 0 aromatic carbocycles. The minimum atomic E-state index is -1.08. The quantitative estimate of drug-likeness (QED) is 0.239. The first-order valence-corrected chi connectivity index (χ1v) is 4.96. The topological polar surface area (TPSA) is 139 Å². The number of carboxylic acid groups (broad SMARTS) is 2. The number of hydrogen-bond acceptors (Lipinski definition) is 6. The van der Waals surface area contributed by atoms with Gasteiger partial charge in [-0.15, -0.1) is 0 Å². The standard InChI is InChI=1S/2C3H7NO3P.Ca/c2*5-1-2(4-8)3(6)7;/h2*2,4-5,8H,1H2,(H,6,7);/q2*-1;+2/t2*2-;/m00./s1. The first-order chi connectivity index (χ1) is 7.44. The molecule has 0 aromatic heterocycles. The van der Waals surface area contributed by atoms with Crippen LogP contribution in [0.15, 0.2) is 0 Å². The van der Waals surface area contributed by atoms with Crippen LogP contribution >= 0.6 is 18.8 Å². The Morgan fingerprint density at radius 2 is 1.18 bits per heavy atom. The molecule has 0 fully saturated rings. The van der Waals surface area contributed by atoms with E-state index in [9.17, 15) is 9.59 Å². The fourth-order valence-corrected chi connectivity index (χ4v) is 0.800. The maximum atomic E-state index is 9.91. The first kappa shape index (κ1) is 23.0. The van der Waals surface area contributed by atoms with E-state index in [2.05, 4.69) is 29.0 Å². The van der Waals surface area contributed by atoms with Gasteiger partial charge >= 0.3 is 49.7 Å². The Labute approximate surface area is 133 Å². The average molecular weight is 312 g/mol. The van der Waals surface area contributed by atoms with Gasteiger partial charge in [0, 0.05) is 0 Å². The molecule has 0 unspecified atom stereocenters. The number of aliphatic hydroxyl groups is 2. The fourth-order valence-electron chi connectivity index (χ4n) is 0.371. The van der Waals surface area contributed by atoms with E-state index in [-0.39, 0.29) is 37.7 Å². The molecule has 0 aliphatic heterocycles. The molecule has 0 bridgehead atoms. The van der Waals surface area contributed by atoms with Gasteiger partial charge in [-0.25, -0.2) is 0 Å². The zero-order chi connectivity index (χ0) is 13.1. The Morgan fingerprint density at radius 3 is 1.18 bits per heavy atom. The van der Waals surface area contributed by atoms with Crippen molar-refractivity contribution in [1.82, 2.24) is 10.2 Å². The monoisotopic (exact) mass is 312 g/mol. The maximum Gasteiger partial charge on any atom is 2.00 e. The second kappa shape index (κ2) is 15.0. The Morgan fingerprint density at radius 1 is 0.941 bits per heavy atom. The van der Waals surface area contributed by atoms with E-state index < -0.39 is 37.2 Å². The van der Waals surface area contributed by atoms with Crippen LogP contribution in [0.5, 0.6) is 0 Å². The Kier molecular flexibility index (Phi) is 20.3. The van der Waals surface area contributed by atoms with Gasteiger partial charge in [-0.1, -0.05) is 0 Å². The molecule has 0 spiro atoms. The normalized spacial score (nSPS) is 12.5. The predicted molar refractivity (Wildman–Crippen MR) is 65.7 cm³/mol. The van der Waals surface area contributed by atoms with E-state index >= 15 is 0 Å². The second-order valence-corrected chi connectivity index (χ2v) is 3.01. The number of nitrogens with one attached hydrogen (secondary N) is 2. The van der Waals surface area contributed by atoms with Crippen molar-refractivity contribution in [1.29, 1.82) is 0 Å². The molecule has 0 aliphatic carbocycles. The van der Waals surface area contributed by atoms with Gasteiger partial charge in [-0.05, 0) is 0 Å². The van der Waals surface area contributed by atoms with Crippen molar-refractivity contribution in [2.24, 2.45) is 0 Å². The molecule has 0 saturated heterocycles. The molecule has 0 saturated carbocycles. The summed E-state index contributed by atoms with van der Waals surface area (Å²) in [5, 5.41) is 37.1. The van der Waals surface area contributed by atoms with Crippen molar-refractivity contribution in [3.8, 4) is 0 Å². The third-order valence-electron chi connectivity index (χ3n) is 1.31. The largest absolute Gasteiger partial charge is 2.00 e. The van der Waals surface area contributed by atoms with Crippen LogP contribution in [0, 0.1) is 0 Å². The Bertz CT molecular complexity index is 193. The summed E-state index contributed by atoms with van der Waals surface area (Å²) in [5.74, 6) is -2.16. The van der Waals surface area contributed by atoms with Gasteiger partial charge in [-0.2, -0.15) is 0 Å². The van der Waals surface area contributed by atoms with Gasteiger partial charge < -0.3 is 49.4 Å². The van der Waals surface area contributed by atoms with Crippen LogP contribution in [0.25, 0.3) is 0 Å². The first-order valence-electron chi connectivity index (χ1n) is 3.96. The zero-order valence-corrected chi connectivity index (χ0v) is 13.1. The Hall–Kier alpha value is 0.900. The molecule has 2 atom stereocenters. The van der Waals surface area contributed by atoms with Crippen LogP contribution in [0.2, 0.25) is 0 Å². The van der Waals surface area contributed by atoms with Crippen molar-refractivity contribution < 1.29 is 30.0 Å². The van der Waals surface area contributed by atoms with Crippen molar-refractivity contribution in [3.63, 3.8) is 0 Å². The molecule has 0 amide bonds. The van der Waals surface area contributed by atoms with Crippen LogP contribution in [-0.4, -0.2) is 95.4 Å². The minimum Gasteiger partial charge on any atom is -0.480 e. The van der Waals surface area contributed by atoms with Gasteiger partial charge in [-0.3, -0.25) is 9.59 Å². The molecule has 11 heteroatoms. The smallest absolute Gasteiger partial charge is 0.480 e. The number of aliphatic hydroxyl groups excluding tert-OH is 2. The number of aliphatic carboxylic acids is 2. The molecule has 8 nitrogen and oxygen atoms in total. The molecule has 6 N–H and O–H groups in total. The van der Waals surface area contributed by atoms with Crippen molar-refractivity contribution in [2.75, 3.05) is 13.2 Å². The molecule has 0 aromatic rings. The summed E-state index contributed by atoms with van der Waals surface area (Å²) in [6.45, 7) is -0.836. The van der Waals surface area contributed by atoms with Gasteiger partial charge in [0.15, 0.2) is 0 Å². The summed E-state index contributed by atoms with van der Waals surface area (Å²) in [7, 11) is 5.46. The molecule has 96 valence electrons. The number of carbonyl (C=O) groups is 2. The van der Waals surface area contributed by atoms with Crippen LogP contribution in [0.1, 0.15) is 0 Å². The SMILES string of the molecule is O=C(O)[C@H](CO)N[PH-].O=C(O)[C@H](CO)N[PH-].[Ca+2]. The summed E-state index contributed by atoms with van der Waals surface area (Å²) in [6.07, 6.45) is 0. The van der Waals surface area contributed by atoms with Crippen LogP contribution in [-0.2, 0) is 9.59 Å². The summed E-state index contributed by atoms with van der Waals surface area (Å²) < 4.78 is 0. The fraction of sp³-hybridized carbons (Fsp3) is 0.667. The molecule has 0 rings (SSSR count). The zero-order valence-electron chi connectivity index (χ0n) is 8.88. The second-order valence-electron chi connectivity index (χ2n) is 2.44. The van der Waals surface area contributed by atoms with Crippen molar-refractivity contribution >= 4 is 68.5 Å². The predicted octanol–water partition coefficient (Wildman–Crippen LogP) is -2.22. The van der Waals surface area contributed by atoms with E-state index in [1.54, 1.807) is 0 Å². The van der Waals surface area contributed by atoms with Gasteiger partial charge in [0.05, 0.1) is 13.2 Å². The minimum absolute atomic E-state index is 0. The van der Waals surface area contributed by atoms with Crippen LogP contribution < -0.4 is 10.2 Å². The third-order valence-corrected chi connectivity index (χ3v) is 2.01. The van der Waals surface area contributed by atoms with Crippen molar-refractivity contribution in [3.05, 3.63) is 0 Å². The summed E-state index contributed by atoms with van der Waals surface area (Å²) in [6, 6.07) is -1.82. The van der Waals surface area contributed by atoms with Gasteiger partial charge in [0.1, 0.15) is 12.1 Å². The van der Waals surface area contributed by atoms with E-state index in [1.807, 2.05) is 0 Å². The van der Waals surface area contributed by atoms with E-state index in [0.717, 1.165) is 0 Å². The summed E-state index contributed by atoms with van der Waals surface area (Å²) in [5.41, 5.74) is 0. The number of rotatable bonds is 6. The molecule has 17 heavy (non-hydrogen) atoms. The molecule has 0 heterocycles. The molecule has 0 aliphatic rings. The Balaban J connectivity index is -0.000000218. The molecular formula is C6H14CaN2O6P2. The average Bonchev–Trinajstić information content (AvgIpc) is 2.21. The van der Waals surface area contributed by atoms with Gasteiger partial charge in [0.2, 0.25) is 0 Å².